The highest BCUT2D eigenvalue weighted by Gasteiger charge is 2.01. The molecule has 1 aromatic carbocycles. The first kappa shape index (κ1) is 9.12. The van der Waals surface area contributed by atoms with E-state index in [1.54, 1.807) is 0 Å². The van der Waals surface area contributed by atoms with Gasteiger partial charge < -0.3 is 15.5 Å². The summed E-state index contributed by atoms with van der Waals surface area (Å²) in [7, 11) is 0. The SMILES string of the molecule is O=CNC=Cc1c(O)cccc1O. The summed E-state index contributed by atoms with van der Waals surface area (Å²) in [6.07, 6.45) is 3.22. The van der Waals surface area contributed by atoms with Gasteiger partial charge in [0.25, 0.3) is 0 Å². The number of phenols is 2. The minimum absolute atomic E-state index is 0.0380. The summed E-state index contributed by atoms with van der Waals surface area (Å²) in [4.78, 5) is 9.88. The van der Waals surface area contributed by atoms with Crippen molar-refractivity contribution in [2.24, 2.45) is 0 Å². The Morgan fingerprint density at radius 3 is 2.38 bits per heavy atom. The van der Waals surface area contributed by atoms with Crippen molar-refractivity contribution < 1.29 is 15.0 Å². The lowest BCUT2D eigenvalue weighted by atomic mass is 10.2. The second-order valence-corrected chi connectivity index (χ2v) is 2.33. The molecule has 68 valence electrons. The molecule has 0 bridgehead atoms. The minimum atomic E-state index is -0.0380. The summed E-state index contributed by atoms with van der Waals surface area (Å²) < 4.78 is 0. The van der Waals surface area contributed by atoms with Gasteiger partial charge in [-0.2, -0.15) is 0 Å². The molecule has 3 N–H and O–H groups in total. The number of hydrogen-bond donors (Lipinski definition) is 3. The van der Waals surface area contributed by atoms with Crippen molar-refractivity contribution in [1.82, 2.24) is 5.32 Å². The van der Waals surface area contributed by atoms with E-state index in [9.17, 15) is 15.0 Å². The number of nitrogens with one attached hydrogen (secondary N) is 1. The number of benzene rings is 1. The maximum atomic E-state index is 9.88. The topological polar surface area (TPSA) is 69.6 Å². The van der Waals surface area contributed by atoms with Crippen molar-refractivity contribution in [1.29, 1.82) is 0 Å². The van der Waals surface area contributed by atoms with Crippen molar-refractivity contribution in [3.8, 4) is 11.5 Å². The molecule has 0 atom stereocenters. The number of carbonyl (C=O) groups excluding carboxylic acids is 1. The van der Waals surface area contributed by atoms with E-state index in [0.717, 1.165) is 0 Å². The average Bonchev–Trinajstić information content (AvgIpc) is 2.10. The Hall–Kier alpha value is -1.97. The summed E-state index contributed by atoms with van der Waals surface area (Å²) >= 11 is 0. The summed E-state index contributed by atoms with van der Waals surface area (Å²) in [5, 5.41) is 20.8. The van der Waals surface area contributed by atoms with E-state index in [1.165, 1.54) is 30.5 Å². The van der Waals surface area contributed by atoms with Crippen molar-refractivity contribution in [3.05, 3.63) is 30.0 Å². The fourth-order valence-electron chi connectivity index (χ4n) is 0.883. The molecule has 1 rings (SSSR count). The molecular weight excluding hydrogens is 170 g/mol. The second-order valence-electron chi connectivity index (χ2n) is 2.33. The summed E-state index contributed by atoms with van der Waals surface area (Å²) in [5.74, 6) is -0.0760. The number of amides is 1. The van der Waals surface area contributed by atoms with Crippen LogP contribution < -0.4 is 5.32 Å². The zero-order chi connectivity index (χ0) is 9.68. The maximum absolute atomic E-state index is 9.88. The van der Waals surface area contributed by atoms with E-state index in [1.807, 2.05) is 0 Å². The van der Waals surface area contributed by atoms with Gasteiger partial charge >= 0.3 is 0 Å². The minimum Gasteiger partial charge on any atom is -0.507 e. The maximum Gasteiger partial charge on any atom is 0.211 e. The van der Waals surface area contributed by atoms with Crippen LogP contribution in [0.4, 0.5) is 0 Å². The average molecular weight is 179 g/mol. The molecule has 0 saturated carbocycles. The van der Waals surface area contributed by atoms with E-state index < -0.39 is 0 Å². The third kappa shape index (κ3) is 2.23. The molecule has 1 amide bonds. The van der Waals surface area contributed by atoms with Crippen LogP contribution in [0.3, 0.4) is 0 Å². The Labute approximate surface area is 75.1 Å². The molecule has 0 saturated heterocycles. The van der Waals surface area contributed by atoms with Gasteiger partial charge in [-0.05, 0) is 18.2 Å². The van der Waals surface area contributed by atoms with Crippen LogP contribution in [0.25, 0.3) is 6.08 Å². The fraction of sp³-hybridized carbons (Fsp3) is 0. The van der Waals surface area contributed by atoms with Crippen LogP contribution in [0.1, 0.15) is 5.56 Å². The van der Waals surface area contributed by atoms with Crippen LogP contribution >= 0.6 is 0 Å². The number of carbonyl (C=O) groups is 1. The molecule has 1 aromatic rings. The lowest BCUT2D eigenvalue weighted by Gasteiger charge is -2.00. The molecule has 0 radical (unpaired) electrons. The van der Waals surface area contributed by atoms with Crippen LogP contribution in [0.15, 0.2) is 24.4 Å². The van der Waals surface area contributed by atoms with Gasteiger partial charge in [-0.25, -0.2) is 0 Å². The van der Waals surface area contributed by atoms with Gasteiger partial charge in [-0.1, -0.05) is 6.07 Å². The summed E-state index contributed by atoms with van der Waals surface area (Å²) in [6.45, 7) is 0. The largest absolute Gasteiger partial charge is 0.507 e. The fourth-order valence-corrected chi connectivity index (χ4v) is 0.883. The number of phenolic OH excluding ortho intramolecular Hbond substituents is 2. The molecule has 0 aliphatic rings. The zero-order valence-corrected chi connectivity index (χ0v) is 6.77. The summed E-state index contributed by atoms with van der Waals surface area (Å²) in [6, 6.07) is 4.41. The van der Waals surface area contributed by atoms with E-state index >= 15 is 0 Å². The van der Waals surface area contributed by atoms with Crippen molar-refractivity contribution >= 4 is 12.5 Å². The van der Waals surface area contributed by atoms with Crippen molar-refractivity contribution in [3.63, 3.8) is 0 Å². The smallest absolute Gasteiger partial charge is 0.211 e. The number of hydrogen-bond acceptors (Lipinski definition) is 3. The van der Waals surface area contributed by atoms with E-state index in [0.29, 0.717) is 6.41 Å². The van der Waals surface area contributed by atoms with Crippen LogP contribution in [0.5, 0.6) is 11.5 Å². The quantitative estimate of drug-likeness (QED) is 0.601. The van der Waals surface area contributed by atoms with E-state index in [-0.39, 0.29) is 17.1 Å². The second kappa shape index (κ2) is 4.15. The van der Waals surface area contributed by atoms with Gasteiger partial charge in [0, 0.05) is 6.20 Å². The Kier molecular flexibility index (Phi) is 2.92. The van der Waals surface area contributed by atoms with Gasteiger partial charge in [0.1, 0.15) is 11.5 Å². The third-order valence-corrected chi connectivity index (χ3v) is 1.47. The molecule has 0 heterocycles. The highest BCUT2D eigenvalue weighted by molar-refractivity contribution is 5.64. The van der Waals surface area contributed by atoms with Crippen LogP contribution in [0.2, 0.25) is 0 Å². The van der Waals surface area contributed by atoms with E-state index in [2.05, 4.69) is 5.32 Å². The van der Waals surface area contributed by atoms with Gasteiger partial charge in [0.15, 0.2) is 0 Å². The van der Waals surface area contributed by atoms with Gasteiger partial charge in [0.05, 0.1) is 5.56 Å². The first-order chi connectivity index (χ1) is 6.25. The van der Waals surface area contributed by atoms with E-state index in [4.69, 9.17) is 0 Å². The third-order valence-electron chi connectivity index (χ3n) is 1.47. The molecule has 4 nitrogen and oxygen atoms in total. The first-order valence-electron chi connectivity index (χ1n) is 3.63. The Balaban J connectivity index is 2.92. The molecule has 13 heavy (non-hydrogen) atoms. The summed E-state index contributed by atoms with van der Waals surface area (Å²) in [5.41, 5.74) is 0.275. The molecule has 0 unspecified atom stereocenters. The molecule has 0 aromatic heterocycles. The predicted molar refractivity (Wildman–Crippen MR) is 48.0 cm³/mol. The molecule has 4 heteroatoms. The number of rotatable bonds is 3. The Morgan fingerprint density at radius 1 is 1.23 bits per heavy atom. The monoisotopic (exact) mass is 179 g/mol. The molecular formula is C9H9NO3. The van der Waals surface area contributed by atoms with Crippen molar-refractivity contribution in [2.45, 2.75) is 0 Å². The number of aromatic hydroxyl groups is 2. The highest BCUT2D eigenvalue weighted by Crippen LogP contribution is 2.26. The van der Waals surface area contributed by atoms with Gasteiger partial charge in [-0.15, -0.1) is 0 Å². The lowest BCUT2D eigenvalue weighted by molar-refractivity contribution is -0.108. The molecule has 0 aliphatic carbocycles. The highest BCUT2D eigenvalue weighted by atomic mass is 16.3. The first-order valence-corrected chi connectivity index (χ1v) is 3.63. The Morgan fingerprint density at radius 2 is 1.85 bits per heavy atom. The molecule has 0 aliphatic heterocycles. The normalized spacial score (nSPS) is 10.2. The van der Waals surface area contributed by atoms with Gasteiger partial charge in [0.2, 0.25) is 6.41 Å². The van der Waals surface area contributed by atoms with Crippen LogP contribution in [-0.4, -0.2) is 16.6 Å². The van der Waals surface area contributed by atoms with Crippen LogP contribution in [-0.2, 0) is 4.79 Å². The van der Waals surface area contributed by atoms with Gasteiger partial charge in [-0.3, -0.25) is 4.79 Å². The lowest BCUT2D eigenvalue weighted by Crippen LogP contribution is -1.97. The molecule has 0 spiro atoms. The standard InChI is InChI=1S/C9H9NO3/c11-6-10-5-4-7-8(12)2-1-3-9(7)13/h1-6,12-13H,(H,10,11). The molecule has 0 fully saturated rings. The zero-order valence-electron chi connectivity index (χ0n) is 6.77. The van der Waals surface area contributed by atoms with Crippen molar-refractivity contribution in [2.75, 3.05) is 0 Å². The van der Waals surface area contributed by atoms with Crippen LogP contribution in [0, 0.1) is 0 Å². The Bertz CT molecular complexity index is 313. The predicted octanol–water partition coefficient (Wildman–Crippen LogP) is 0.814.